The van der Waals surface area contributed by atoms with Crippen LogP contribution in [-0.2, 0) is 9.63 Å². The Morgan fingerprint density at radius 1 is 1.56 bits per heavy atom. The maximum absolute atomic E-state index is 11.7. The van der Waals surface area contributed by atoms with Crippen molar-refractivity contribution in [3.8, 4) is 0 Å². The van der Waals surface area contributed by atoms with E-state index in [2.05, 4.69) is 0 Å². The number of carbonyl (C=O) groups excluding carboxylic acids is 1. The number of hydrogen-bond donors (Lipinski definition) is 1. The highest BCUT2D eigenvalue weighted by atomic mass is 35.5. The molecule has 1 aliphatic heterocycles. The fraction of sp³-hybridized carbons (Fsp3) is 0.417. The minimum Gasteiger partial charge on any atom is -0.389 e. The van der Waals surface area contributed by atoms with Crippen LogP contribution in [0.2, 0.25) is 5.02 Å². The summed E-state index contributed by atoms with van der Waals surface area (Å²) in [7, 11) is 0. The lowest BCUT2D eigenvalue weighted by atomic mass is 10.4. The molecule has 1 N–H and O–H groups in total. The first kappa shape index (κ1) is 13.7. The first-order valence-corrected chi connectivity index (χ1v) is 7.02. The summed E-state index contributed by atoms with van der Waals surface area (Å²) >= 11 is 7.55. The molecular weight excluding hydrogens is 274 g/mol. The average molecular weight is 288 g/mol. The molecule has 0 aromatic heterocycles. The summed E-state index contributed by atoms with van der Waals surface area (Å²) in [5.41, 5.74) is 0. The number of hydrogen-bond acceptors (Lipinski definition) is 4. The second-order valence-corrected chi connectivity index (χ2v) is 5.48. The van der Waals surface area contributed by atoms with Crippen LogP contribution in [0, 0.1) is 0 Å². The minimum absolute atomic E-state index is 0.105. The summed E-state index contributed by atoms with van der Waals surface area (Å²) in [5, 5.41) is 11.2. The molecule has 1 heterocycles. The van der Waals surface area contributed by atoms with Gasteiger partial charge in [0.2, 0.25) is 5.91 Å². The second-order valence-electron chi connectivity index (χ2n) is 3.93. The van der Waals surface area contributed by atoms with E-state index in [4.69, 9.17) is 16.4 Å². The number of rotatable bonds is 4. The van der Waals surface area contributed by atoms with Gasteiger partial charge in [0.05, 0.1) is 17.7 Å². The van der Waals surface area contributed by atoms with Crippen LogP contribution in [0.3, 0.4) is 0 Å². The van der Waals surface area contributed by atoms with Crippen molar-refractivity contribution in [1.82, 2.24) is 5.06 Å². The van der Waals surface area contributed by atoms with Gasteiger partial charge in [0.1, 0.15) is 6.61 Å². The molecular formula is C12H14ClNO3S. The van der Waals surface area contributed by atoms with Gasteiger partial charge in [0.25, 0.3) is 0 Å². The predicted octanol–water partition coefficient (Wildman–Crippen LogP) is 1.96. The lowest BCUT2D eigenvalue weighted by Crippen LogP contribution is -2.28. The topological polar surface area (TPSA) is 49.8 Å². The zero-order valence-corrected chi connectivity index (χ0v) is 11.3. The number of halogens is 1. The van der Waals surface area contributed by atoms with Gasteiger partial charge in [-0.3, -0.25) is 9.63 Å². The number of hydroxylamine groups is 2. The van der Waals surface area contributed by atoms with E-state index < -0.39 is 6.10 Å². The average Bonchev–Trinajstić information content (AvgIpc) is 2.78. The summed E-state index contributed by atoms with van der Waals surface area (Å²) in [6, 6.07) is 7.53. The van der Waals surface area contributed by atoms with Crippen LogP contribution in [0.5, 0.6) is 0 Å². The van der Waals surface area contributed by atoms with Gasteiger partial charge in [-0.25, -0.2) is 5.06 Å². The lowest BCUT2D eigenvalue weighted by molar-refractivity contribution is -0.168. The van der Waals surface area contributed by atoms with Crippen molar-refractivity contribution >= 4 is 29.3 Å². The first-order chi connectivity index (χ1) is 8.66. The number of thioether (sulfide) groups is 1. The molecule has 4 nitrogen and oxygen atoms in total. The van der Waals surface area contributed by atoms with E-state index in [1.54, 1.807) is 0 Å². The Morgan fingerprint density at radius 3 is 3.00 bits per heavy atom. The van der Waals surface area contributed by atoms with Gasteiger partial charge >= 0.3 is 0 Å². The van der Waals surface area contributed by atoms with Crippen LogP contribution in [0.4, 0.5) is 0 Å². The first-order valence-electron chi connectivity index (χ1n) is 5.65. The maximum Gasteiger partial charge on any atom is 0.247 e. The van der Waals surface area contributed by atoms with E-state index >= 15 is 0 Å². The summed E-state index contributed by atoms with van der Waals surface area (Å²) in [6.45, 7) is 0.457. The SMILES string of the molecule is O=C(CCSc1ccccc1Cl)N1C[C@H](O)CO1. The normalized spacial score (nSPS) is 19.2. The lowest BCUT2D eigenvalue weighted by Gasteiger charge is -2.13. The van der Waals surface area contributed by atoms with Crippen molar-refractivity contribution in [1.29, 1.82) is 0 Å². The molecule has 0 spiro atoms. The van der Waals surface area contributed by atoms with Crippen molar-refractivity contribution in [3.63, 3.8) is 0 Å². The van der Waals surface area contributed by atoms with Gasteiger partial charge in [0.15, 0.2) is 0 Å². The Morgan fingerprint density at radius 2 is 2.33 bits per heavy atom. The Kier molecular flexibility index (Phi) is 4.88. The molecule has 6 heteroatoms. The number of aliphatic hydroxyl groups is 1. The van der Waals surface area contributed by atoms with Gasteiger partial charge < -0.3 is 5.11 Å². The van der Waals surface area contributed by atoms with Crippen LogP contribution in [0.25, 0.3) is 0 Å². The van der Waals surface area contributed by atoms with E-state index in [-0.39, 0.29) is 19.1 Å². The van der Waals surface area contributed by atoms with Gasteiger partial charge in [0, 0.05) is 17.1 Å². The highest BCUT2D eigenvalue weighted by Gasteiger charge is 2.25. The van der Waals surface area contributed by atoms with Crippen molar-refractivity contribution in [2.75, 3.05) is 18.9 Å². The molecule has 18 heavy (non-hydrogen) atoms. The Bertz CT molecular complexity index is 430. The van der Waals surface area contributed by atoms with E-state index in [0.717, 1.165) is 4.90 Å². The fourth-order valence-electron chi connectivity index (χ4n) is 1.58. The van der Waals surface area contributed by atoms with Gasteiger partial charge in [-0.05, 0) is 12.1 Å². The molecule has 1 saturated heterocycles. The van der Waals surface area contributed by atoms with Crippen molar-refractivity contribution in [2.45, 2.75) is 17.4 Å². The number of carbonyl (C=O) groups is 1. The molecule has 0 aliphatic carbocycles. The van der Waals surface area contributed by atoms with E-state index in [9.17, 15) is 9.90 Å². The zero-order chi connectivity index (χ0) is 13.0. The Hall–Kier alpha value is -0.750. The number of aliphatic hydroxyl groups excluding tert-OH is 1. The standard InChI is InChI=1S/C12H14ClNO3S/c13-10-3-1-2-4-11(10)18-6-5-12(16)14-7-9(15)8-17-14/h1-4,9,15H,5-8H2/t9-/m0/s1. The van der Waals surface area contributed by atoms with E-state index in [1.807, 2.05) is 24.3 Å². The molecule has 0 saturated carbocycles. The van der Waals surface area contributed by atoms with Crippen LogP contribution < -0.4 is 0 Å². The Balaban J connectivity index is 1.75. The number of amides is 1. The molecule has 98 valence electrons. The minimum atomic E-state index is -0.565. The third-order valence-corrected chi connectivity index (χ3v) is 4.00. The van der Waals surface area contributed by atoms with Gasteiger partial charge in [-0.1, -0.05) is 23.7 Å². The van der Waals surface area contributed by atoms with E-state index in [0.29, 0.717) is 17.2 Å². The summed E-state index contributed by atoms with van der Waals surface area (Å²) in [4.78, 5) is 17.7. The maximum atomic E-state index is 11.7. The van der Waals surface area contributed by atoms with Crippen LogP contribution in [-0.4, -0.2) is 41.1 Å². The largest absolute Gasteiger partial charge is 0.389 e. The van der Waals surface area contributed by atoms with E-state index in [1.165, 1.54) is 16.8 Å². The van der Waals surface area contributed by atoms with Crippen LogP contribution in [0.1, 0.15) is 6.42 Å². The number of nitrogens with zero attached hydrogens (tertiary/aromatic N) is 1. The Labute approximate surface area is 115 Å². The number of benzene rings is 1. The third kappa shape index (κ3) is 3.62. The highest BCUT2D eigenvalue weighted by Crippen LogP contribution is 2.27. The monoisotopic (exact) mass is 287 g/mol. The third-order valence-electron chi connectivity index (χ3n) is 2.49. The molecule has 1 aromatic rings. The summed E-state index contributed by atoms with van der Waals surface area (Å²) < 4.78 is 0. The number of β-amino-alcohol motifs (C(OH)–C–C–N with tert-alkyl or cyclic N) is 1. The molecule has 1 amide bonds. The van der Waals surface area contributed by atoms with Crippen molar-refractivity contribution in [3.05, 3.63) is 29.3 Å². The van der Waals surface area contributed by atoms with Crippen LogP contribution >= 0.6 is 23.4 Å². The molecule has 1 fully saturated rings. The van der Waals surface area contributed by atoms with Crippen molar-refractivity contribution in [2.24, 2.45) is 0 Å². The van der Waals surface area contributed by atoms with Gasteiger partial charge in [-0.2, -0.15) is 0 Å². The smallest absolute Gasteiger partial charge is 0.247 e. The molecule has 1 aliphatic rings. The molecule has 1 aromatic carbocycles. The summed E-state index contributed by atoms with van der Waals surface area (Å²) in [5.74, 6) is 0.532. The molecule has 0 bridgehead atoms. The van der Waals surface area contributed by atoms with Crippen LogP contribution in [0.15, 0.2) is 29.2 Å². The molecule has 2 rings (SSSR count). The second kappa shape index (κ2) is 6.43. The van der Waals surface area contributed by atoms with Crippen molar-refractivity contribution < 1.29 is 14.7 Å². The quantitative estimate of drug-likeness (QED) is 0.860. The fourth-order valence-corrected chi connectivity index (χ4v) is 2.76. The summed E-state index contributed by atoms with van der Waals surface area (Å²) in [6.07, 6.45) is -0.201. The molecule has 1 atom stereocenters. The molecule has 0 radical (unpaired) electrons. The molecule has 0 unspecified atom stereocenters. The highest BCUT2D eigenvalue weighted by molar-refractivity contribution is 7.99. The zero-order valence-electron chi connectivity index (χ0n) is 9.71. The predicted molar refractivity (Wildman–Crippen MR) is 70.5 cm³/mol. The van der Waals surface area contributed by atoms with Gasteiger partial charge in [-0.15, -0.1) is 11.8 Å².